The second-order valence-electron chi connectivity index (χ2n) is 3.81. The largest absolute Gasteiger partial charge is 0.375 e. The molecule has 0 aromatic heterocycles. The highest BCUT2D eigenvalue weighted by atomic mass is 32.2. The molecule has 0 aliphatic heterocycles. The molecule has 0 aliphatic carbocycles. The van der Waals surface area contributed by atoms with Gasteiger partial charge in [-0.05, 0) is 16.3 Å². The van der Waals surface area contributed by atoms with Gasteiger partial charge in [-0.25, -0.2) is 0 Å². The number of benzene rings is 2. The van der Waals surface area contributed by atoms with Crippen molar-refractivity contribution in [1.29, 1.82) is 0 Å². The van der Waals surface area contributed by atoms with Crippen LogP contribution in [-0.2, 0) is 16.5 Å². The van der Waals surface area contributed by atoms with E-state index in [1.54, 1.807) is 12.1 Å². The van der Waals surface area contributed by atoms with E-state index in [0.29, 0.717) is 5.56 Å². The predicted molar refractivity (Wildman–Crippen MR) is 65.2 cm³/mol. The van der Waals surface area contributed by atoms with Crippen LogP contribution in [0.3, 0.4) is 0 Å². The van der Waals surface area contributed by atoms with Crippen molar-refractivity contribution < 1.29 is 18.1 Å². The summed E-state index contributed by atoms with van der Waals surface area (Å²) in [5, 5.41) is 11.2. The monoisotopic (exact) mass is 252 g/mol. The van der Waals surface area contributed by atoms with Gasteiger partial charge in [-0.3, -0.25) is 4.55 Å². The zero-order chi connectivity index (χ0) is 12.5. The molecule has 1 atom stereocenters. The fraction of sp³-hybridized carbons (Fsp3) is 0.167. The van der Waals surface area contributed by atoms with Gasteiger partial charge in [-0.2, -0.15) is 8.42 Å². The summed E-state index contributed by atoms with van der Waals surface area (Å²) in [4.78, 5) is 0. The van der Waals surface area contributed by atoms with Crippen molar-refractivity contribution in [1.82, 2.24) is 0 Å². The van der Waals surface area contributed by atoms with Gasteiger partial charge in [-0.15, -0.1) is 0 Å². The Bertz CT molecular complexity index is 629. The van der Waals surface area contributed by atoms with E-state index in [9.17, 15) is 13.5 Å². The molecule has 0 aliphatic rings. The molecule has 2 aromatic rings. The molecule has 0 amide bonds. The van der Waals surface area contributed by atoms with E-state index in [1.807, 2.05) is 30.3 Å². The number of hydrogen-bond donors (Lipinski definition) is 2. The minimum Gasteiger partial charge on any atom is -0.375 e. The Morgan fingerprint density at radius 2 is 1.71 bits per heavy atom. The second kappa shape index (κ2) is 4.44. The Balaban J connectivity index is 2.43. The van der Waals surface area contributed by atoms with Crippen molar-refractivity contribution in [3.05, 3.63) is 48.0 Å². The minimum absolute atomic E-state index is 0.125. The first-order valence-electron chi connectivity index (χ1n) is 5.09. The average molecular weight is 252 g/mol. The van der Waals surface area contributed by atoms with E-state index in [0.717, 1.165) is 10.8 Å². The van der Waals surface area contributed by atoms with Crippen LogP contribution in [0.25, 0.3) is 10.8 Å². The normalized spacial score (nSPS) is 13.8. The number of hydrogen-bond acceptors (Lipinski definition) is 3. The van der Waals surface area contributed by atoms with Crippen LogP contribution in [0.2, 0.25) is 0 Å². The van der Waals surface area contributed by atoms with Crippen molar-refractivity contribution in [2.75, 3.05) is 0 Å². The summed E-state index contributed by atoms with van der Waals surface area (Å²) in [6, 6.07) is 12.9. The lowest BCUT2D eigenvalue weighted by atomic mass is 10.0. The molecule has 0 fully saturated rings. The molecule has 17 heavy (non-hydrogen) atoms. The van der Waals surface area contributed by atoms with Gasteiger partial charge in [0.05, 0.1) is 0 Å². The quantitative estimate of drug-likeness (QED) is 0.813. The number of aliphatic hydroxyl groups is 1. The lowest BCUT2D eigenvalue weighted by Gasteiger charge is -2.09. The first-order valence-corrected chi connectivity index (χ1v) is 6.60. The van der Waals surface area contributed by atoms with E-state index in [2.05, 4.69) is 0 Å². The Kier molecular flexibility index (Phi) is 3.15. The van der Waals surface area contributed by atoms with E-state index in [4.69, 9.17) is 4.55 Å². The molecule has 0 spiro atoms. The van der Waals surface area contributed by atoms with Gasteiger partial charge in [0.25, 0.3) is 10.1 Å². The third-order valence-electron chi connectivity index (χ3n) is 2.62. The number of aliphatic hydroxyl groups excluding tert-OH is 1. The fourth-order valence-corrected chi connectivity index (χ4v) is 2.15. The molecule has 4 nitrogen and oxygen atoms in total. The van der Waals surface area contributed by atoms with Crippen molar-refractivity contribution in [2.24, 2.45) is 0 Å². The summed E-state index contributed by atoms with van der Waals surface area (Å²) in [6.45, 7) is 0. The molecule has 0 heterocycles. The van der Waals surface area contributed by atoms with Crippen LogP contribution < -0.4 is 0 Å². The molecule has 2 aromatic carbocycles. The molecule has 90 valence electrons. The van der Waals surface area contributed by atoms with Crippen LogP contribution in [0.5, 0.6) is 0 Å². The maximum atomic E-state index is 10.8. The Hall–Kier alpha value is -1.43. The molecule has 0 saturated heterocycles. The fourth-order valence-electron chi connectivity index (χ4n) is 1.76. The summed E-state index contributed by atoms with van der Waals surface area (Å²) >= 11 is 0. The summed E-state index contributed by atoms with van der Waals surface area (Å²) in [5.41, 5.74) is -1.10. The van der Waals surface area contributed by atoms with Gasteiger partial charge in [0.15, 0.2) is 5.44 Å². The third kappa shape index (κ3) is 2.63. The van der Waals surface area contributed by atoms with Gasteiger partial charge >= 0.3 is 0 Å². The molecule has 0 saturated carbocycles. The molecule has 2 rings (SSSR count). The van der Waals surface area contributed by atoms with E-state index in [-0.39, 0.29) is 6.42 Å². The van der Waals surface area contributed by atoms with Gasteiger partial charge in [-0.1, -0.05) is 42.5 Å². The van der Waals surface area contributed by atoms with Crippen LogP contribution in [-0.4, -0.2) is 23.5 Å². The number of fused-ring (bicyclic) bond motifs is 1. The Labute approximate surface area is 99.3 Å². The first-order chi connectivity index (χ1) is 7.98. The second-order valence-corrected chi connectivity index (χ2v) is 5.39. The average Bonchev–Trinajstić information content (AvgIpc) is 2.28. The van der Waals surface area contributed by atoms with E-state index >= 15 is 0 Å². The van der Waals surface area contributed by atoms with Crippen molar-refractivity contribution in [2.45, 2.75) is 11.9 Å². The summed E-state index contributed by atoms with van der Waals surface area (Å²) in [7, 11) is -4.41. The van der Waals surface area contributed by atoms with Gasteiger partial charge in [0.2, 0.25) is 0 Å². The van der Waals surface area contributed by atoms with E-state index < -0.39 is 15.6 Å². The lowest BCUT2D eigenvalue weighted by molar-refractivity contribution is 0.234. The van der Waals surface area contributed by atoms with Crippen LogP contribution in [0.1, 0.15) is 5.56 Å². The van der Waals surface area contributed by atoms with Crippen LogP contribution in [0, 0.1) is 0 Å². The smallest absolute Gasteiger partial charge is 0.292 e. The van der Waals surface area contributed by atoms with Gasteiger partial charge in [0.1, 0.15) is 0 Å². The number of rotatable bonds is 3. The summed E-state index contributed by atoms with van der Waals surface area (Å²) in [6.07, 6.45) is -0.125. The molecule has 0 bridgehead atoms. The van der Waals surface area contributed by atoms with Crippen LogP contribution >= 0.6 is 0 Å². The maximum Gasteiger partial charge on any atom is 0.292 e. The molecular weight excluding hydrogens is 240 g/mol. The van der Waals surface area contributed by atoms with Gasteiger partial charge < -0.3 is 5.11 Å². The predicted octanol–water partition coefficient (Wildman–Crippen LogP) is 1.59. The lowest BCUT2D eigenvalue weighted by Crippen LogP contribution is -2.22. The molecule has 5 heteroatoms. The summed E-state index contributed by atoms with van der Waals surface area (Å²) < 4.78 is 30.3. The summed E-state index contributed by atoms with van der Waals surface area (Å²) in [5.74, 6) is 0. The zero-order valence-electron chi connectivity index (χ0n) is 8.95. The first kappa shape index (κ1) is 12.0. The zero-order valence-corrected chi connectivity index (χ0v) is 9.76. The maximum absolute atomic E-state index is 10.8. The molecule has 2 N–H and O–H groups in total. The van der Waals surface area contributed by atoms with Crippen LogP contribution in [0.15, 0.2) is 42.5 Å². The SMILES string of the molecule is O=S(=O)(O)[C@H](O)Cc1cccc2ccccc12. The van der Waals surface area contributed by atoms with Gasteiger partial charge in [0, 0.05) is 6.42 Å². The van der Waals surface area contributed by atoms with Crippen molar-refractivity contribution >= 4 is 20.9 Å². The van der Waals surface area contributed by atoms with E-state index in [1.165, 1.54) is 0 Å². The van der Waals surface area contributed by atoms with Crippen molar-refractivity contribution in [3.63, 3.8) is 0 Å². The highest BCUT2D eigenvalue weighted by Crippen LogP contribution is 2.20. The highest BCUT2D eigenvalue weighted by molar-refractivity contribution is 7.86. The molecule has 0 radical (unpaired) electrons. The van der Waals surface area contributed by atoms with Crippen molar-refractivity contribution in [3.8, 4) is 0 Å². The topological polar surface area (TPSA) is 74.6 Å². The van der Waals surface area contributed by atoms with Crippen LogP contribution in [0.4, 0.5) is 0 Å². The highest BCUT2D eigenvalue weighted by Gasteiger charge is 2.20. The minimum atomic E-state index is -4.41. The standard InChI is InChI=1S/C12H12O4S/c13-12(17(14,15)16)8-10-6-3-5-9-4-1-2-7-11(9)10/h1-7,12-13H,8H2,(H,14,15,16)/t12-/m0/s1. The Morgan fingerprint density at radius 1 is 1.06 bits per heavy atom. The Morgan fingerprint density at radius 3 is 2.41 bits per heavy atom. The third-order valence-corrected chi connectivity index (χ3v) is 3.47. The molecule has 0 unspecified atom stereocenters. The molecular formula is C12H12O4S.